The molecule has 1 aromatic carbocycles. The second-order valence-corrected chi connectivity index (χ2v) is 4.97. The van der Waals surface area contributed by atoms with E-state index in [1.165, 1.54) is 0 Å². The molecule has 1 aliphatic rings. The molecule has 4 heteroatoms. The van der Waals surface area contributed by atoms with E-state index in [1.807, 2.05) is 6.07 Å². The molecule has 0 N–H and O–H groups in total. The molecular weight excluding hydrogens is 240 g/mol. The average molecular weight is 254 g/mol. The zero-order valence-electron chi connectivity index (χ0n) is 10.6. The number of hydrogen-bond acceptors (Lipinski definition) is 3. The molecule has 0 saturated carbocycles. The molecular formula is C15H14N2O2. The fraction of sp³-hybridized carbons (Fsp3) is 0.200. The summed E-state index contributed by atoms with van der Waals surface area (Å²) in [5.74, 6) is -0.473. The Morgan fingerprint density at radius 3 is 2.68 bits per heavy atom. The Morgan fingerprint density at radius 1 is 1.21 bits per heavy atom. The Bertz CT molecular complexity index is 623. The van der Waals surface area contributed by atoms with Gasteiger partial charge in [0.2, 0.25) is 0 Å². The van der Waals surface area contributed by atoms with E-state index in [9.17, 15) is 10.0 Å². The van der Waals surface area contributed by atoms with E-state index in [2.05, 4.69) is 4.98 Å². The normalized spacial score (nSPS) is 26.0. The monoisotopic (exact) mass is 254 g/mol. The first-order chi connectivity index (χ1) is 9.09. The second kappa shape index (κ2) is 4.26. The number of likely N-dealkylation sites (N-methyl/N-ethyl adjacent to an activating group) is 1. The lowest BCUT2D eigenvalue weighted by molar-refractivity contribution is 0.0930. The smallest absolute Gasteiger partial charge is 0.183 e. The fourth-order valence-electron chi connectivity index (χ4n) is 2.62. The standard InChI is InChI=1S/C15H14N2O2/c1-17(19)10-12(13-7-4-5-9-16-13)15(18)11-6-2-3-8-14(11)17/h2-9,12H,10H2,1H3. The van der Waals surface area contributed by atoms with E-state index in [1.54, 1.807) is 49.6 Å². The summed E-state index contributed by atoms with van der Waals surface area (Å²) in [5.41, 5.74) is 1.73. The number of hydroxylamine groups is 2. The topological polar surface area (TPSA) is 53.0 Å². The van der Waals surface area contributed by atoms with Gasteiger partial charge in [-0.25, -0.2) is 0 Å². The lowest BCUT2D eigenvalue weighted by Crippen LogP contribution is -2.48. The van der Waals surface area contributed by atoms with Crippen molar-refractivity contribution in [2.24, 2.45) is 0 Å². The summed E-state index contributed by atoms with van der Waals surface area (Å²) in [6.45, 7) is 0.201. The van der Waals surface area contributed by atoms with Crippen LogP contribution < -0.4 is 4.65 Å². The average Bonchev–Trinajstić information content (AvgIpc) is 2.44. The van der Waals surface area contributed by atoms with Crippen molar-refractivity contribution in [1.82, 2.24) is 9.63 Å². The third-order valence-electron chi connectivity index (χ3n) is 3.57. The molecule has 2 heterocycles. The van der Waals surface area contributed by atoms with Gasteiger partial charge in [0.25, 0.3) is 0 Å². The van der Waals surface area contributed by atoms with Crippen molar-refractivity contribution in [2.75, 3.05) is 13.6 Å². The molecule has 2 unspecified atom stereocenters. The van der Waals surface area contributed by atoms with Gasteiger partial charge in [-0.05, 0) is 18.2 Å². The molecule has 0 bridgehead atoms. The molecule has 0 radical (unpaired) electrons. The number of aromatic nitrogens is 1. The van der Waals surface area contributed by atoms with Gasteiger partial charge < -0.3 is 9.85 Å². The van der Waals surface area contributed by atoms with Gasteiger partial charge in [-0.1, -0.05) is 18.2 Å². The zero-order chi connectivity index (χ0) is 13.5. The molecule has 1 aromatic heterocycles. The minimum Gasteiger partial charge on any atom is -0.627 e. The van der Waals surface area contributed by atoms with E-state index in [0.29, 0.717) is 16.9 Å². The number of Topliss-reactive ketones (excluding diaryl/α,β-unsaturated/α-hetero) is 1. The van der Waals surface area contributed by atoms with Gasteiger partial charge in [-0.3, -0.25) is 9.78 Å². The number of rotatable bonds is 1. The highest BCUT2D eigenvalue weighted by molar-refractivity contribution is 6.06. The quantitative estimate of drug-likeness (QED) is 0.580. The predicted molar refractivity (Wildman–Crippen MR) is 73.7 cm³/mol. The first-order valence-corrected chi connectivity index (χ1v) is 6.21. The highest BCUT2D eigenvalue weighted by atomic mass is 16.5. The van der Waals surface area contributed by atoms with Crippen LogP contribution in [-0.4, -0.2) is 24.4 Å². The lowest BCUT2D eigenvalue weighted by Gasteiger charge is -2.44. The third-order valence-corrected chi connectivity index (χ3v) is 3.57. The van der Waals surface area contributed by atoms with Crippen molar-refractivity contribution >= 4 is 11.5 Å². The lowest BCUT2D eigenvalue weighted by atomic mass is 9.88. The molecule has 0 fully saturated rings. The third kappa shape index (κ3) is 1.95. The van der Waals surface area contributed by atoms with Crippen molar-refractivity contribution < 1.29 is 4.79 Å². The molecule has 19 heavy (non-hydrogen) atoms. The molecule has 3 rings (SSSR count). The Kier molecular flexibility index (Phi) is 2.69. The van der Waals surface area contributed by atoms with Crippen LogP contribution in [0.5, 0.6) is 0 Å². The summed E-state index contributed by atoms with van der Waals surface area (Å²) in [4.78, 5) is 16.7. The van der Waals surface area contributed by atoms with Gasteiger partial charge in [0.05, 0.1) is 24.8 Å². The number of ketones is 1. The fourth-order valence-corrected chi connectivity index (χ4v) is 2.62. The van der Waals surface area contributed by atoms with Crippen LogP contribution in [0.3, 0.4) is 0 Å². The van der Waals surface area contributed by atoms with E-state index in [4.69, 9.17) is 0 Å². The minimum absolute atomic E-state index is 0.0132. The second-order valence-electron chi connectivity index (χ2n) is 4.97. The zero-order valence-corrected chi connectivity index (χ0v) is 10.6. The molecule has 0 saturated heterocycles. The van der Waals surface area contributed by atoms with Crippen molar-refractivity contribution in [3.63, 3.8) is 0 Å². The summed E-state index contributed by atoms with van der Waals surface area (Å²) in [5, 5.41) is 12.6. The van der Waals surface area contributed by atoms with Crippen LogP contribution in [0.4, 0.5) is 5.69 Å². The van der Waals surface area contributed by atoms with Gasteiger partial charge in [-0.15, -0.1) is 0 Å². The molecule has 2 atom stereocenters. The Morgan fingerprint density at radius 2 is 1.95 bits per heavy atom. The molecule has 4 nitrogen and oxygen atoms in total. The van der Waals surface area contributed by atoms with E-state index >= 15 is 0 Å². The number of pyridine rings is 1. The Labute approximate surface area is 111 Å². The molecule has 96 valence electrons. The Balaban J connectivity index is 2.11. The maximum absolute atomic E-state index is 12.6. The number of hydrogen-bond donors (Lipinski definition) is 0. The van der Waals surface area contributed by atoms with Crippen LogP contribution in [0.1, 0.15) is 22.0 Å². The number of quaternary nitrogens is 1. The maximum atomic E-state index is 12.6. The first kappa shape index (κ1) is 12.0. The highest BCUT2D eigenvalue weighted by Gasteiger charge is 2.38. The van der Waals surface area contributed by atoms with Crippen LogP contribution in [-0.2, 0) is 0 Å². The molecule has 0 spiro atoms. The number of nitrogens with zero attached hydrogens (tertiary/aromatic N) is 2. The van der Waals surface area contributed by atoms with E-state index in [0.717, 1.165) is 0 Å². The van der Waals surface area contributed by atoms with E-state index < -0.39 is 10.6 Å². The van der Waals surface area contributed by atoms with Gasteiger partial charge >= 0.3 is 0 Å². The van der Waals surface area contributed by atoms with Crippen LogP contribution in [0.2, 0.25) is 0 Å². The number of fused-ring (bicyclic) bond motifs is 1. The minimum atomic E-state index is -0.539. The van der Waals surface area contributed by atoms with Crippen LogP contribution >= 0.6 is 0 Å². The molecule has 0 amide bonds. The van der Waals surface area contributed by atoms with Crippen LogP contribution in [0, 0.1) is 5.21 Å². The largest absolute Gasteiger partial charge is 0.627 e. The molecule has 2 aromatic rings. The molecule has 0 aliphatic carbocycles. The van der Waals surface area contributed by atoms with Crippen LogP contribution in [0.25, 0.3) is 0 Å². The SMILES string of the molecule is C[N+]1([O-])CC(c2ccccn2)C(=O)c2ccccc21. The Hall–Kier alpha value is -2.04. The van der Waals surface area contributed by atoms with Gasteiger partial charge in [0.1, 0.15) is 11.6 Å². The first-order valence-electron chi connectivity index (χ1n) is 6.21. The number of carbonyl (C=O) groups excluding carboxylic acids is 1. The number of benzene rings is 1. The van der Waals surface area contributed by atoms with Crippen molar-refractivity contribution in [3.8, 4) is 0 Å². The summed E-state index contributed by atoms with van der Waals surface area (Å²) >= 11 is 0. The molecule has 1 aliphatic heterocycles. The summed E-state index contributed by atoms with van der Waals surface area (Å²) in [7, 11) is 1.58. The van der Waals surface area contributed by atoms with Crippen LogP contribution in [0.15, 0.2) is 48.7 Å². The summed E-state index contributed by atoms with van der Waals surface area (Å²) in [6.07, 6.45) is 1.65. The van der Waals surface area contributed by atoms with E-state index in [-0.39, 0.29) is 12.3 Å². The summed E-state index contributed by atoms with van der Waals surface area (Å²) < 4.78 is -0.539. The van der Waals surface area contributed by atoms with Gasteiger partial charge in [0, 0.05) is 12.3 Å². The highest BCUT2D eigenvalue weighted by Crippen LogP contribution is 2.36. The van der Waals surface area contributed by atoms with Crippen molar-refractivity contribution in [3.05, 3.63) is 65.1 Å². The van der Waals surface area contributed by atoms with Gasteiger partial charge in [-0.2, -0.15) is 0 Å². The van der Waals surface area contributed by atoms with Crippen molar-refractivity contribution in [1.29, 1.82) is 0 Å². The summed E-state index contributed by atoms with van der Waals surface area (Å²) in [6, 6.07) is 12.5. The van der Waals surface area contributed by atoms with Gasteiger partial charge in [0.15, 0.2) is 5.78 Å². The number of carbonyl (C=O) groups is 1. The number of para-hydroxylation sites is 1. The van der Waals surface area contributed by atoms with Crippen molar-refractivity contribution in [2.45, 2.75) is 5.92 Å². The maximum Gasteiger partial charge on any atom is 0.183 e. The predicted octanol–water partition coefficient (Wildman–Crippen LogP) is 2.50.